The third-order valence-corrected chi connectivity index (χ3v) is 5.12. The molecule has 1 heterocycles. The molecule has 1 aliphatic rings. The van der Waals surface area contributed by atoms with Crippen LogP contribution in [-0.4, -0.2) is 31.1 Å². The van der Waals surface area contributed by atoms with Gasteiger partial charge in [-0.3, -0.25) is 9.59 Å². The average Bonchev–Trinajstić information content (AvgIpc) is 2.64. The molecular weight excluding hydrogens is 407 g/mol. The van der Waals surface area contributed by atoms with Gasteiger partial charge in [0.1, 0.15) is 6.04 Å². The predicted molar refractivity (Wildman–Crippen MR) is 105 cm³/mol. The molecule has 2 unspecified atom stereocenters. The van der Waals surface area contributed by atoms with E-state index in [1.165, 1.54) is 36.4 Å². The van der Waals surface area contributed by atoms with Gasteiger partial charge in [0.05, 0.1) is 23.8 Å². The molecule has 0 saturated carbocycles. The van der Waals surface area contributed by atoms with Crippen LogP contribution in [0.1, 0.15) is 35.3 Å². The molecule has 0 aromatic heterocycles. The van der Waals surface area contributed by atoms with E-state index in [1.807, 2.05) is 0 Å². The van der Waals surface area contributed by atoms with Gasteiger partial charge in [-0.25, -0.2) is 0 Å². The topological polar surface area (TPSA) is 61.4 Å². The van der Waals surface area contributed by atoms with E-state index in [0.29, 0.717) is 16.3 Å². The van der Waals surface area contributed by atoms with Crippen molar-refractivity contribution in [2.45, 2.75) is 31.6 Å². The number of rotatable bonds is 4. The summed E-state index contributed by atoms with van der Waals surface area (Å²) in [5.41, 5.74) is 1.59. The second kappa shape index (κ2) is 7.94. The van der Waals surface area contributed by atoms with Crippen LogP contribution in [-0.2, 0) is 4.79 Å². The number of anilines is 2. The molecule has 9 heteroatoms. The van der Waals surface area contributed by atoms with Gasteiger partial charge in [0.2, 0.25) is 5.91 Å². The van der Waals surface area contributed by atoms with Crippen molar-refractivity contribution in [1.29, 1.82) is 0 Å². The maximum atomic E-state index is 13.0. The van der Waals surface area contributed by atoms with E-state index >= 15 is 0 Å². The molecule has 1 aliphatic heterocycles. The number of nitrogens with one attached hydrogen (secondary N) is 2. The van der Waals surface area contributed by atoms with E-state index in [4.69, 9.17) is 11.6 Å². The van der Waals surface area contributed by atoms with E-state index in [0.717, 1.165) is 5.69 Å². The summed E-state index contributed by atoms with van der Waals surface area (Å²) in [6.45, 7) is 1.74. The molecule has 2 amide bonds. The minimum absolute atomic E-state index is 0.146. The third kappa shape index (κ3) is 4.82. The summed E-state index contributed by atoms with van der Waals surface area (Å²) < 4.78 is 39.1. The molecule has 0 fully saturated rings. The molecule has 0 spiro atoms. The lowest BCUT2D eigenvalue weighted by molar-refractivity contribution is -0.139. The first-order valence-electron chi connectivity index (χ1n) is 8.86. The predicted octanol–water partition coefficient (Wildman–Crippen LogP) is 4.54. The van der Waals surface area contributed by atoms with Crippen molar-refractivity contribution in [1.82, 2.24) is 5.32 Å². The van der Waals surface area contributed by atoms with E-state index in [2.05, 4.69) is 10.6 Å². The summed E-state index contributed by atoms with van der Waals surface area (Å²) in [7, 11) is 1.75. The van der Waals surface area contributed by atoms with Crippen molar-refractivity contribution in [3.05, 3.63) is 58.6 Å². The highest BCUT2D eigenvalue weighted by Gasteiger charge is 2.34. The number of hydrogen-bond acceptors (Lipinski definition) is 3. The maximum Gasteiger partial charge on any atom is 0.391 e. The summed E-state index contributed by atoms with van der Waals surface area (Å²) in [6, 6.07) is 8.82. The zero-order valence-corrected chi connectivity index (χ0v) is 16.4. The molecule has 0 aliphatic carbocycles. The Morgan fingerprint density at radius 3 is 2.52 bits per heavy atom. The first-order chi connectivity index (χ1) is 13.5. The number of nitrogens with zero attached hydrogens (tertiary/aromatic N) is 1. The molecule has 0 saturated heterocycles. The van der Waals surface area contributed by atoms with E-state index in [9.17, 15) is 22.8 Å². The van der Waals surface area contributed by atoms with Crippen molar-refractivity contribution in [2.75, 3.05) is 17.3 Å². The van der Waals surface area contributed by atoms with Crippen molar-refractivity contribution < 1.29 is 22.8 Å². The normalized spacial score (nSPS) is 17.4. The van der Waals surface area contributed by atoms with Crippen LogP contribution in [0.3, 0.4) is 0 Å². The first kappa shape index (κ1) is 21.0. The number of benzene rings is 2. The smallest absolute Gasteiger partial charge is 0.361 e. The lowest BCUT2D eigenvalue weighted by Gasteiger charge is -2.33. The SMILES string of the molecule is CC1C(=O)Nc2cc(C(=O)NC(CC(F)(F)F)c3ccc(Cl)cc3)ccc2N1C. The lowest BCUT2D eigenvalue weighted by atomic mass is 10.0. The Morgan fingerprint density at radius 1 is 1.24 bits per heavy atom. The molecule has 154 valence electrons. The van der Waals surface area contributed by atoms with Gasteiger partial charge in [-0.1, -0.05) is 23.7 Å². The Kier molecular flexibility index (Phi) is 5.75. The zero-order chi connectivity index (χ0) is 21.3. The molecule has 5 nitrogen and oxygen atoms in total. The van der Waals surface area contributed by atoms with Crippen LogP contribution in [0.25, 0.3) is 0 Å². The highest BCUT2D eigenvalue weighted by molar-refractivity contribution is 6.30. The molecular formula is C20H19ClF3N3O2. The summed E-state index contributed by atoms with van der Waals surface area (Å²) in [5.74, 6) is -0.902. The maximum absolute atomic E-state index is 13.0. The number of hydrogen-bond donors (Lipinski definition) is 2. The number of carbonyl (C=O) groups is 2. The Labute approximate surface area is 170 Å². The molecule has 0 radical (unpaired) electrons. The van der Waals surface area contributed by atoms with Gasteiger partial charge in [-0.15, -0.1) is 0 Å². The number of alkyl halides is 3. The van der Waals surface area contributed by atoms with E-state index < -0.39 is 24.5 Å². The van der Waals surface area contributed by atoms with Gasteiger partial charge in [-0.2, -0.15) is 13.2 Å². The van der Waals surface area contributed by atoms with Crippen LogP contribution >= 0.6 is 11.6 Å². The molecule has 0 bridgehead atoms. The Bertz CT molecular complexity index is 932. The Hall–Kier alpha value is -2.74. The van der Waals surface area contributed by atoms with Gasteiger partial charge in [0.25, 0.3) is 5.91 Å². The van der Waals surface area contributed by atoms with Gasteiger partial charge in [0, 0.05) is 17.6 Å². The minimum atomic E-state index is -4.47. The monoisotopic (exact) mass is 425 g/mol. The van der Waals surface area contributed by atoms with Gasteiger partial charge >= 0.3 is 6.18 Å². The zero-order valence-electron chi connectivity index (χ0n) is 15.7. The fourth-order valence-corrected chi connectivity index (χ4v) is 3.25. The summed E-state index contributed by atoms with van der Waals surface area (Å²) >= 11 is 5.80. The van der Waals surface area contributed by atoms with Crippen molar-refractivity contribution in [3.63, 3.8) is 0 Å². The van der Waals surface area contributed by atoms with Crippen LogP contribution in [0, 0.1) is 0 Å². The molecule has 3 rings (SSSR count). The lowest BCUT2D eigenvalue weighted by Crippen LogP contribution is -2.44. The first-order valence-corrected chi connectivity index (χ1v) is 9.24. The number of carbonyl (C=O) groups excluding carboxylic acids is 2. The Balaban J connectivity index is 1.85. The largest absolute Gasteiger partial charge is 0.391 e. The van der Waals surface area contributed by atoms with Gasteiger partial charge in [-0.05, 0) is 42.8 Å². The summed E-state index contributed by atoms with van der Waals surface area (Å²) in [6.07, 6.45) is -5.69. The van der Waals surface area contributed by atoms with Crippen molar-refractivity contribution >= 4 is 34.8 Å². The average molecular weight is 426 g/mol. The van der Waals surface area contributed by atoms with Crippen LogP contribution in [0.15, 0.2) is 42.5 Å². The molecule has 29 heavy (non-hydrogen) atoms. The number of fused-ring (bicyclic) bond motifs is 1. The number of likely N-dealkylation sites (N-methyl/N-ethyl adjacent to an activating group) is 1. The fourth-order valence-electron chi connectivity index (χ4n) is 3.13. The van der Waals surface area contributed by atoms with Crippen LogP contribution in [0.5, 0.6) is 0 Å². The minimum Gasteiger partial charge on any atom is -0.361 e. The van der Waals surface area contributed by atoms with Gasteiger partial charge < -0.3 is 15.5 Å². The van der Waals surface area contributed by atoms with Gasteiger partial charge in [0.15, 0.2) is 0 Å². The standard InChI is InChI=1S/C20H19ClF3N3O2/c1-11-18(28)25-15-9-13(5-8-17(15)27(11)2)19(29)26-16(10-20(22,23)24)12-3-6-14(21)7-4-12/h3-9,11,16H,10H2,1-2H3,(H,25,28)(H,26,29). The van der Waals surface area contributed by atoms with Crippen LogP contribution in [0.4, 0.5) is 24.5 Å². The molecule has 2 aromatic rings. The van der Waals surface area contributed by atoms with E-state index in [-0.39, 0.29) is 17.5 Å². The Morgan fingerprint density at radius 2 is 1.90 bits per heavy atom. The highest BCUT2D eigenvalue weighted by atomic mass is 35.5. The van der Waals surface area contributed by atoms with E-state index in [1.54, 1.807) is 24.9 Å². The number of halogens is 4. The highest BCUT2D eigenvalue weighted by Crippen LogP contribution is 2.33. The molecule has 2 atom stereocenters. The van der Waals surface area contributed by atoms with Crippen LogP contribution < -0.4 is 15.5 Å². The second-order valence-electron chi connectivity index (χ2n) is 6.90. The van der Waals surface area contributed by atoms with Crippen molar-refractivity contribution in [2.24, 2.45) is 0 Å². The molecule has 2 N–H and O–H groups in total. The van der Waals surface area contributed by atoms with Crippen LogP contribution in [0.2, 0.25) is 5.02 Å². The second-order valence-corrected chi connectivity index (χ2v) is 7.34. The summed E-state index contributed by atoms with van der Waals surface area (Å²) in [5, 5.41) is 5.53. The van der Waals surface area contributed by atoms with Crippen molar-refractivity contribution in [3.8, 4) is 0 Å². The third-order valence-electron chi connectivity index (χ3n) is 4.87. The summed E-state index contributed by atoms with van der Waals surface area (Å²) in [4.78, 5) is 26.4. The number of amides is 2. The fraction of sp³-hybridized carbons (Fsp3) is 0.300. The quantitative estimate of drug-likeness (QED) is 0.756. The molecule has 2 aromatic carbocycles.